The highest BCUT2D eigenvalue weighted by atomic mass is 35.5. The molecule has 0 atom stereocenters. The van der Waals surface area contributed by atoms with Crippen LogP contribution in [0.25, 0.3) is 22.3 Å². The number of aromatic nitrogens is 4. The number of halogens is 2. The summed E-state index contributed by atoms with van der Waals surface area (Å²) in [6, 6.07) is 13.3. The largest absolute Gasteiger partial charge is 0.369 e. The third-order valence-electron chi connectivity index (χ3n) is 4.22. The molecule has 0 saturated carbocycles. The van der Waals surface area contributed by atoms with E-state index in [1.54, 1.807) is 18.3 Å². The molecule has 0 amide bonds. The zero-order valence-corrected chi connectivity index (χ0v) is 16.0. The molecule has 0 aliphatic carbocycles. The molecule has 0 bridgehead atoms. The number of nitrogens with one attached hydrogen (secondary N) is 1. The highest BCUT2D eigenvalue weighted by Crippen LogP contribution is 2.31. The van der Waals surface area contributed by atoms with Crippen molar-refractivity contribution < 1.29 is 0 Å². The Balaban J connectivity index is 1.62. The maximum atomic E-state index is 6.36. The fourth-order valence-electron chi connectivity index (χ4n) is 2.89. The summed E-state index contributed by atoms with van der Waals surface area (Å²) < 4.78 is 2.05. The quantitative estimate of drug-likeness (QED) is 0.448. The van der Waals surface area contributed by atoms with E-state index in [1.165, 1.54) is 0 Å². The van der Waals surface area contributed by atoms with Crippen LogP contribution in [0.1, 0.15) is 6.42 Å². The van der Waals surface area contributed by atoms with E-state index in [9.17, 15) is 0 Å². The van der Waals surface area contributed by atoms with Crippen molar-refractivity contribution >= 4 is 39.9 Å². The van der Waals surface area contributed by atoms with Gasteiger partial charge >= 0.3 is 0 Å². The van der Waals surface area contributed by atoms with Crippen molar-refractivity contribution in [3.05, 3.63) is 71.2 Å². The van der Waals surface area contributed by atoms with Crippen molar-refractivity contribution in [3.8, 4) is 11.4 Å². The maximum absolute atomic E-state index is 6.36. The first-order chi connectivity index (χ1) is 13.2. The van der Waals surface area contributed by atoms with Crippen LogP contribution in [0.2, 0.25) is 10.0 Å². The van der Waals surface area contributed by atoms with Gasteiger partial charge in [-0.2, -0.15) is 0 Å². The molecule has 0 radical (unpaired) electrons. The SMILES string of the molecule is Clc1ccc(-c2nc(NCCCn3ccnc3)c3ccccc3n2)c(Cl)c1. The Morgan fingerprint density at radius 3 is 2.74 bits per heavy atom. The number of para-hydroxylation sites is 1. The normalized spacial score (nSPS) is 11.0. The Bertz CT molecular complexity index is 1060. The average molecular weight is 398 g/mol. The van der Waals surface area contributed by atoms with E-state index in [4.69, 9.17) is 28.2 Å². The molecular formula is C20H17Cl2N5. The first-order valence-electron chi connectivity index (χ1n) is 8.62. The van der Waals surface area contributed by atoms with Crippen LogP contribution in [0.4, 0.5) is 5.82 Å². The predicted octanol–water partition coefficient (Wildman–Crippen LogP) is 5.30. The molecular weight excluding hydrogens is 381 g/mol. The van der Waals surface area contributed by atoms with Gasteiger partial charge in [0, 0.05) is 41.5 Å². The summed E-state index contributed by atoms with van der Waals surface area (Å²) in [4.78, 5) is 13.5. The van der Waals surface area contributed by atoms with Gasteiger partial charge in [-0.1, -0.05) is 35.3 Å². The van der Waals surface area contributed by atoms with Crippen molar-refractivity contribution in [3.63, 3.8) is 0 Å². The third kappa shape index (κ3) is 4.04. The standard InChI is InChI=1S/C20H17Cl2N5/c21-14-6-7-15(17(22)12-14)20-25-18-5-2-1-4-16(18)19(26-20)24-8-3-10-27-11-9-23-13-27/h1-2,4-7,9,11-13H,3,8,10H2,(H,24,25,26). The molecule has 0 aliphatic heterocycles. The second-order valence-electron chi connectivity index (χ2n) is 6.12. The van der Waals surface area contributed by atoms with E-state index in [1.807, 2.05) is 42.9 Å². The zero-order valence-electron chi connectivity index (χ0n) is 14.4. The number of rotatable bonds is 6. The number of anilines is 1. The van der Waals surface area contributed by atoms with Gasteiger partial charge in [-0.3, -0.25) is 0 Å². The van der Waals surface area contributed by atoms with E-state index in [0.717, 1.165) is 41.8 Å². The van der Waals surface area contributed by atoms with Crippen LogP contribution in [-0.2, 0) is 6.54 Å². The molecule has 0 fully saturated rings. The lowest BCUT2D eigenvalue weighted by molar-refractivity contribution is 0.660. The number of fused-ring (bicyclic) bond motifs is 1. The first-order valence-corrected chi connectivity index (χ1v) is 9.38. The van der Waals surface area contributed by atoms with E-state index in [0.29, 0.717) is 15.9 Å². The fourth-order valence-corrected chi connectivity index (χ4v) is 3.38. The molecule has 2 aromatic heterocycles. The molecule has 2 heterocycles. The Labute approximate surface area is 167 Å². The van der Waals surface area contributed by atoms with Crippen molar-refractivity contribution in [2.24, 2.45) is 0 Å². The summed E-state index contributed by atoms with van der Waals surface area (Å²) in [5, 5.41) is 5.53. The molecule has 2 aromatic carbocycles. The van der Waals surface area contributed by atoms with Crippen LogP contribution >= 0.6 is 23.2 Å². The summed E-state index contributed by atoms with van der Waals surface area (Å²) in [6.07, 6.45) is 6.51. The van der Waals surface area contributed by atoms with Gasteiger partial charge in [0.1, 0.15) is 5.82 Å². The van der Waals surface area contributed by atoms with Crippen LogP contribution in [-0.4, -0.2) is 26.1 Å². The zero-order chi connectivity index (χ0) is 18.6. The Kier molecular flexibility index (Phi) is 5.23. The number of hydrogen-bond acceptors (Lipinski definition) is 4. The number of hydrogen-bond donors (Lipinski definition) is 1. The van der Waals surface area contributed by atoms with E-state index in [-0.39, 0.29) is 0 Å². The number of benzene rings is 2. The Hall–Kier alpha value is -2.63. The van der Waals surface area contributed by atoms with Crippen molar-refractivity contribution in [2.75, 3.05) is 11.9 Å². The minimum atomic E-state index is 0.531. The summed E-state index contributed by atoms with van der Waals surface area (Å²) in [5.74, 6) is 1.37. The summed E-state index contributed by atoms with van der Waals surface area (Å²) in [5.41, 5.74) is 1.62. The first kappa shape index (κ1) is 17.8. The predicted molar refractivity (Wildman–Crippen MR) is 110 cm³/mol. The van der Waals surface area contributed by atoms with Crippen LogP contribution in [0.15, 0.2) is 61.2 Å². The lowest BCUT2D eigenvalue weighted by Gasteiger charge is -2.12. The van der Waals surface area contributed by atoms with Crippen LogP contribution in [0.5, 0.6) is 0 Å². The van der Waals surface area contributed by atoms with E-state index in [2.05, 4.69) is 19.9 Å². The van der Waals surface area contributed by atoms with Crippen LogP contribution in [0, 0.1) is 0 Å². The lowest BCUT2D eigenvalue weighted by atomic mass is 10.1. The Morgan fingerprint density at radius 2 is 1.93 bits per heavy atom. The van der Waals surface area contributed by atoms with Gasteiger partial charge in [-0.05, 0) is 36.8 Å². The second-order valence-corrected chi connectivity index (χ2v) is 6.96. The molecule has 5 nitrogen and oxygen atoms in total. The van der Waals surface area contributed by atoms with Crippen molar-refractivity contribution in [1.82, 2.24) is 19.5 Å². The number of imidazole rings is 1. The minimum Gasteiger partial charge on any atom is -0.369 e. The molecule has 136 valence electrons. The maximum Gasteiger partial charge on any atom is 0.163 e. The Morgan fingerprint density at radius 1 is 1.04 bits per heavy atom. The molecule has 1 N–H and O–H groups in total. The minimum absolute atomic E-state index is 0.531. The van der Waals surface area contributed by atoms with Gasteiger partial charge in [0.15, 0.2) is 5.82 Å². The monoisotopic (exact) mass is 397 g/mol. The van der Waals surface area contributed by atoms with Gasteiger partial charge in [0.25, 0.3) is 0 Å². The van der Waals surface area contributed by atoms with Crippen molar-refractivity contribution in [1.29, 1.82) is 0 Å². The van der Waals surface area contributed by atoms with Crippen LogP contribution in [0.3, 0.4) is 0 Å². The highest BCUT2D eigenvalue weighted by molar-refractivity contribution is 6.36. The molecule has 4 aromatic rings. The molecule has 4 rings (SSSR count). The highest BCUT2D eigenvalue weighted by Gasteiger charge is 2.12. The molecule has 0 aliphatic rings. The lowest BCUT2D eigenvalue weighted by Crippen LogP contribution is -2.08. The third-order valence-corrected chi connectivity index (χ3v) is 4.77. The van der Waals surface area contributed by atoms with Gasteiger partial charge in [0.05, 0.1) is 16.9 Å². The smallest absolute Gasteiger partial charge is 0.163 e. The van der Waals surface area contributed by atoms with Gasteiger partial charge < -0.3 is 9.88 Å². The summed E-state index contributed by atoms with van der Waals surface area (Å²) in [6.45, 7) is 1.68. The van der Waals surface area contributed by atoms with Gasteiger partial charge in [-0.15, -0.1) is 0 Å². The van der Waals surface area contributed by atoms with E-state index >= 15 is 0 Å². The van der Waals surface area contributed by atoms with Crippen molar-refractivity contribution in [2.45, 2.75) is 13.0 Å². The molecule has 0 spiro atoms. The molecule has 0 unspecified atom stereocenters. The summed E-state index contributed by atoms with van der Waals surface area (Å²) in [7, 11) is 0. The van der Waals surface area contributed by atoms with E-state index < -0.39 is 0 Å². The molecule has 0 saturated heterocycles. The van der Waals surface area contributed by atoms with Gasteiger partial charge in [-0.25, -0.2) is 15.0 Å². The second kappa shape index (κ2) is 7.94. The average Bonchev–Trinajstić information content (AvgIpc) is 3.18. The topological polar surface area (TPSA) is 55.6 Å². The van der Waals surface area contributed by atoms with Gasteiger partial charge in [0.2, 0.25) is 0 Å². The molecule has 7 heteroatoms. The summed E-state index contributed by atoms with van der Waals surface area (Å²) >= 11 is 12.4. The fraction of sp³-hybridized carbons (Fsp3) is 0.150. The number of nitrogens with zero attached hydrogens (tertiary/aromatic N) is 4. The number of aryl methyl sites for hydroxylation is 1. The molecule has 27 heavy (non-hydrogen) atoms. The van der Waals surface area contributed by atoms with Crippen LogP contribution < -0.4 is 5.32 Å².